The van der Waals surface area contributed by atoms with Crippen molar-refractivity contribution in [2.45, 2.75) is 37.5 Å². The van der Waals surface area contributed by atoms with Gasteiger partial charge in [-0.25, -0.2) is 9.59 Å². The molecule has 10 nitrogen and oxygen atoms in total. The van der Waals surface area contributed by atoms with Crippen LogP contribution in [0.15, 0.2) is 60.7 Å². The van der Waals surface area contributed by atoms with Crippen LogP contribution in [-0.2, 0) is 37.7 Å². The highest BCUT2D eigenvalue weighted by Crippen LogP contribution is 2.40. The minimum Gasteiger partial charge on any atom is -0.496 e. The van der Waals surface area contributed by atoms with Gasteiger partial charge in [-0.05, 0) is 59.4 Å². The molecule has 0 bridgehead atoms. The van der Waals surface area contributed by atoms with E-state index in [2.05, 4.69) is 5.32 Å². The first-order chi connectivity index (χ1) is 20.6. The molecule has 1 aliphatic heterocycles. The Hall–Kier alpha value is -4.28. The van der Waals surface area contributed by atoms with Crippen molar-refractivity contribution in [2.24, 2.45) is 0 Å². The average Bonchev–Trinajstić information content (AvgIpc) is 3.51. The summed E-state index contributed by atoms with van der Waals surface area (Å²) in [4.78, 5) is 38.9. The van der Waals surface area contributed by atoms with Crippen LogP contribution in [0.1, 0.15) is 29.5 Å². The van der Waals surface area contributed by atoms with Crippen molar-refractivity contribution in [3.8, 4) is 22.6 Å². The van der Waals surface area contributed by atoms with Gasteiger partial charge < -0.3 is 34.3 Å². The molecule has 1 fully saturated rings. The summed E-state index contributed by atoms with van der Waals surface area (Å²) in [5, 5.41) is 13.2. The van der Waals surface area contributed by atoms with Crippen LogP contribution in [0.2, 0.25) is 5.02 Å². The van der Waals surface area contributed by atoms with Gasteiger partial charge in [-0.15, -0.1) is 0 Å². The number of benzene rings is 3. The van der Waals surface area contributed by atoms with Gasteiger partial charge in [0.15, 0.2) is 5.60 Å². The number of rotatable bonds is 11. The molecule has 2 amide bonds. The summed E-state index contributed by atoms with van der Waals surface area (Å²) < 4.78 is 22.5. The van der Waals surface area contributed by atoms with Crippen LogP contribution in [-0.4, -0.2) is 68.9 Å². The third kappa shape index (κ3) is 7.21. The Morgan fingerprint density at radius 2 is 1.63 bits per heavy atom. The monoisotopic (exact) mass is 610 g/mol. The van der Waals surface area contributed by atoms with Crippen LogP contribution in [0.4, 0.5) is 4.79 Å². The maximum atomic E-state index is 13.5. The van der Waals surface area contributed by atoms with E-state index >= 15 is 0 Å². The number of carbonyl (C=O) groups is 3. The highest BCUT2D eigenvalue weighted by Gasteiger charge is 2.45. The molecule has 1 aliphatic rings. The lowest BCUT2D eigenvalue weighted by atomic mass is 9.89. The lowest BCUT2D eigenvalue weighted by Crippen LogP contribution is -2.51. The molecule has 1 heterocycles. The van der Waals surface area contributed by atoms with E-state index in [-0.39, 0.29) is 13.0 Å². The molecule has 1 unspecified atom stereocenters. The van der Waals surface area contributed by atoms with Crippen molar-refractivity contribution in [3.63, 3.8) is 0 Å². The van der Waals surface area contributed by atoms with Gasteiger partial charge in [0.25, 0.3) is 5.91 Å². The Kier molecular flexibility index (Phi) is 10.2. The number of nitrogens with zero attached hydrogens (tertiary/aromatic N) is 1. The molecule has 0 radical (unpaired) electrons. The predicted octanol–water partition coefficient (Wildman–Crippen LogP) is 5.04. The molecule has 0 saturated carbocycles. The fourth-order valence-corrected chi connectivity index (χ4v) is 5.15. The Bertz CT molecular complexity index is 1430. The molecule has 1 saturated heterocycles. The molecule has 3 aromatic rings. The van der Waals surface area contributed by atoms with E-state index in [0.717, 1.165) is 5.56 Å². The number of carboxylic acid groups (broad SMARTS) is 1. The third-order valence-corrected chi connectivity index (χ3v) is 7.53. The lowest BCUT2D eigenvalue weighted by molar-refractivity contribution is -0.149. The van der Waals surface area contributed by atoms with Gasteiger partial charge in [0.1, 0.15) is 24.1 Å². The van der Waals surface area contributed by atoms with Crippen LogP contribution >= 0.6 is 11.6 Å². The summed E-state index contributed by atoms with van der Waals surface area (Å²) in [6.07, 6.45) is 0.693. The van der Waals surface area contributed by atoms with Gasteiger partial charge in [-0.2, -0.15) is 0 Å². The maximum absolute atomic E-state index is 13.5. The molecule has 0 spiro atoms. The maximum Gasteiger partial charge on any atom is 0.409 e. The van der Waals surface area contributed by atoms with Crippen molar-refractivity contribution in [2.75, 3.05) is 34.9 Å². The molecule has 2 N–H and O–H groups in total. The zero-order valence-electron chi connectivity index (χ0n) is 24.5. The SMILES string of the molecule is COc1cc(COC(=O)N(C)C)cc(OC)c1-c1ccc(C[C@H](NC(=O)C2(c3ccc(Cl)cc3)CCCO2)C(=O)O)cc1. The van der Waals surface area contributed by atoms with E-state index in [0.29, 0.717) is 58.2 Å². The summed E-state index contributed by atoms with van der Waals surface area (Å²) in [6, 6.07) is 16.4. The number of halogens is 1. The van der Waals surface area contributed by atoms with Crippen LogP contribution in [0.25, 0.3) is 11.1 Å². The van der Waals surface area contributed by atoms with Gasteiger partial charge in [-0.1, -0.05) is 48.0 Å². The van der Waals surface area contributed by atoms with Gasteiger partial charge in [0, 0.05) is 32.1 Å². The molecule has 43 heavy (non-hydrogen) atoms. The number of carbonyl (C=O) groups excluding carboxylic acids is 2. The topological polar surface area (TPSA) is 124 Å². The number of nitrogens with one attached hydrogen (secondary N) is 1. The summed E-state index contributed by atoms with van der Waals surface area (Å²) in [5.41, 5.74) is 2.20. The van der Waals surface area contributed by atoms with Gasteiger partial charge in [-0.3, -0.25) is 4.79 Å². The minimum absolute atomic E-state index is 0.0373. The summed E-state index contributed by atoms with van der Waals surface area (Å²) in [7, 11) is 6.27. The molecular formula is C32H35ClN2O8. The van der Waals surface area contributed by atoms with E-state index in [1.54, 1.807) is 62.6 Å². The van der Waals surface area contributed by atoms with Crippen molar-refractivity contribution in [1.29, 1.82) is 0 Å². The summed E-state index contributed by atoms with van der Waals surface area (Å²) in [6.45, 7) is 0.431. The second kappa shape index (κ2) is 13.8. The molecule has 0 aliphatic carbocycles. The number of methoxy groups -OCH3 is 2. The first-order valence-electron chi connectivity index (χ1n) is 13.7. The molecule has 4 rings (SSSR count). The Morgan fingerprint density at radius 3 is 2.14 bits per heavy atom. The molecule has 11 heteroatoms. The molecule has 3 aromatic carbocycles. The summed E-state index contributed by atoms with van der Waals surface area (Å²) >= 11 is 6.03. The van der Waals surface area contributed by atoms with Crippen LogP contribution in [0, 0.1) is 0 Å². The molecule has 0 aromatic heterocycles. The summed E-state index contributed by atoms with van der Waals surface area (Å²) in [5.74, 6) is -0.622. The normalized spacial score (nSPS) is 16.7. The van der Waals surface area contributed by atoms with Crippen LogP contribution in [0.5, 0.6) is 11.5 Å². The zero-order chi connectivity index (χ0) is 31.1. The van der Waals surface area contributed by atoms with E-state index in [4.69, 9.17) is 30.5 Å². The number of amides is 2. The molecule has 2 atom stereocenters. The van der Waals surface area contributed by atoms with E-state index < -0.39 is 29.6 Å². The number of hydrogen-bond donors (Lipinski definition) is 2. The average molecular weight is 611 g/mol. The zero-order valence-corrected chi connectivity index (χ0v) is 25.3. The smallest absolute Gasteiger partial charge is 0.409 e. The predicted molar refractivity (Wildman–Crippen MR) is 160 cm³/mol. The lowest BCUT2D eigenvalue weighted by Gasteiger charge is -2.29. The van der Waals surface area contributed by atoms with Crippen LogP contribution in [0.3, 0.4) is 0 Å². The Labute approximate surface area is 255 Å². The molecular weight excluding hydrogens is 576 g/mol. The van der Waals surface area contributed by atoms with E-state index in [1.165, 1.54) is 19.1 Å². The van der Waals surface area contributed by atoms with Crippen molar-refractivity contribution in [1.82, 2.24) is 10.2 Å². The Balaban J connectivity index is 1.53. The number of carboxylic acids is 1. The van der Waals surface area contributed by atoms with Crippen molar-refractivity contribution in [3.05, 3.63) is 82.4 Å². The number of hydrogen-bond acceptors (Lipinski definition) is 7. The number of aliphatic carboxylic acids is 1. The Morgan fingerprint density at radius 1 is 1.00 bits per heavy atom. The van der Waals surface area contributed by atoms with Crippen molar-refractivity contribution >= 4 is 29.6 Å². The highest BCUT2D eigenvalue weighted by molar-refractivity contribution is 6.30. The van der Waals surface area contributed by atoms with E-state index in [9.17, 15) is 19.5 Å². The van der Waals surface area contributed by atoms with Gasteiger partial charge in [0.2, 0.25) is 0 Å². The van der Waals surface area contributed by atoms with Crippen LogP contribution < -0.4 is 14.8 Å². The minimum atomic E-state index is -1.27. The van der Waals surface area contributed by atoms with Gasteiger partial charge in [0.05, 0.1) is 19.8 Å². The van der Waals surface area contributed by atoms with E-state index in [1.807, 2.05) is 12.1 Å². The third-order valence-electron chi connectivity index (χ3n) is 7.28. The quantitative estimate of drug-likeness (QED) is 0.310. The second-order valence-corrected chi connectivity index (χ2v) is 10.8. The fourth-order valence-electron chi connectivity index (χ4n) is 5.02. The first-order valence-corrected chi connectivity index (χ1v) is 14.1. The largest absolute Gasteiger partial charge is 0.496 e. The second-order valence-electron chi connectivity index (χ2n) is 10.4. The van der Waals surface area contributed by atoms with Gasteiger partial charge >= 0.3 is 12.1 Å². The standard InChI is InChI=1S/C32H35ClN2O8/c1-35(2)31(39)42-19-21-17-26(40-3)28(27(18-21)41-4)22-8-6-20(7-9-22)16-25(29(36)37)34-30(38)32(14-5-15-43-32)23-10-12-24(33)13-11-23/h6-13,17-18,25H,5,14-16,19H2,1-4H3,(H,34,38)(H,36,37)/t25-,32?/m0/s1. The highest BCUT2D eigenvalue weighted by atomic mass is 35.5. The number of ether oxygens (including phenoxy) is 4. The first kappa shape index (κ1) is 31.7. The molecule has 228 valence electrons. The van der Waals surface area contributed by atoms with Crippen molar-refractivity contribution < 1.29 is 38.4 Å². The fraction of sp³-hybridized carbons (Fsp3) is 0.344.